The average Bonchev–Trinajstić information content (AvgIpc) is 2.55. The van der Waals surface area contributed by atoms with Crippen LogP contribution in [0.1, 0.15) is 104 Å². The van der Waals surface area contributed by atoms with Crippen LogP contribution in [0.5, 0.6) is 0 Å². The van der Waals surface area contributed by atoms with Crippen molar-refractivity contribution in [2.45, 2.75) is 110 Å². The molecule has 3 heteroatoms. The quantitative estimate of drug-likeness (QED) is 0.258. The van der Waals surface area contributed by atoms with E-state index in [-0.39, 0.29) is 5.92 Å². The highest BCUT2D eigenvalue weighted by Gasteiger charge is 2.19. The highest BCUT2D eigenvalue weighted by molar-refractivity contribution is 7.80. The summed E-state index contributed by atoms with van der Waals surface area (Å²) in [5.74, 6) is 0.207. The maximum atomic E-state index is 10.2. The highest BCUT2D eigenvalue weighted by Crippen LogP contribution is 2.17. The Hall–Kier alpha value is -0.150. The van der Waals surface area contributed by atoms with E-state index in [2.05, 4.69) is 20.8 Å². The van der Waals surface area contributed by atoms with E-state index in [1.807, 2.05) is 0 Å². The molecule has 0 aromatic carbocycles. The van der Waals surface area contributed by atoms with Gasteiger partial charge in [0.1, 0.15) is 6.10 Å². The van der Waals surface area contributed by atoms with Crippen LogP contribution in [-0.4, -0.2) is 22.9 Å². The lowest BCUT2D eigenvalue weighted by Gasteiger charge is -2.19. The third-order valence-corrected chi connectivity index (χ3v) is 4.90. The van der Waals surface area contributed by atoms with Crippen LogP contribution < -0.4 is 0 Å². The Bertz CT molecular complexity index is 268. The molecule has 0 aliphatic carbocycles. The minimum atomic E-state index is -0.583. The van der Waals surface area contributed by atoms with Gasteiger partial charge in [-0.3, -0.25) is 0 Å². The topological polar surface area (TPSA) is 29.5 Å². The van der Waals surface area contributed by atoms with Crippen molar-refractivity contribution in [3.05, 3.63) is 0 Å². The fourth-order valence-electron chi connectivity index (χ4n) is 2.75. The second kappa shape index (κ2) is 16.7. The Morgan fingerprint density at radius 3 is 1.83 bits per heavy atom. The van der Waals surface area contributed by atoms with Crippen LogP contribution in [0.2, 0.25) is 0 Å². The van der Waals surface area contributed by atoms with E-state index in [1.165, 1.54) is 64.2 Å². The van der Waals surface area contributed by atoms with Crippen LogP contribution in [0.25, 0.3) is 0 Å². The predicted molar refractivity (Wildman–Crippen MR) is 105 cm³/mol. The number of aliphatic hydroxyl groups is 1. The molecule has 0 saturated heterocycles. The van der Waals surface area contributed by atoms with Gasteiger partial charge in [-0.1, -0.05) is 91.4 Å². The third kappa shape index (κ3) is 13.9. The molecule has 0 bridgehead atoms. The number of aliphatic hydroxyl groups excluding tert-OH is 1. The summed E-state index contributed by atoms with van der Waals surface area (Å²) in [4.78, 5) is 0. The summed E-state index contributed by atoms with van der Waals surface area (Å²) < 4.78 is 5.45. The standard InChI is InChI=1S/C20H40O2S/c1-4-6-8-9-10-11-12-13-14-15-16-18(3)19(21)20(23)22-17-7-5-2/h18-19,21H,4-17H2,1-3H3/t18-,19-/m0/s1. The number of rotatable bonds is 16. The van der Waals surface area contributed by atoms with E-state index < -0.39 is 6.10 Å². The fraction of sp³-hybridized carbons (Fsp3) is 0.950. The molecule has 138 valence electrons. The van der Waals surface area contributed by atoms with Gasteiger partial charge in [-0.15, -0.1) is 0 Å². The van der Waals surface area contributed by atoms with Crippen LogP contribution in [0, 0.1) is 5.92 Å². The first-order chi connectivity index (χ1) is 11.1. The molecule has 23 heavy (non-hydrogen) atoms. The summed E-state index contributed by atoms with van der Waals surface area (Å²) in [6.07, 6.45) is 16.0. The van der Waals surface area contributed by atoms with Crippen LogP contribution in [0.4, 0.5) is 0 Å². The van der Waals surface area contributed by atoms with Gasteiger partial charge in [0.2, 0.25) is 0 Å². The third-order valence-electron chi connectivity index (χ3n) is 4.54. The van der Waals surface area contributed by atoms with Crippen molar-refractivity contribution in [1.82, 2.24) is 0 Å². The van der Waals surface area contributed by atoms with Crippen LogP contribution in [0.15, 0.2) is 0 Å². The Balaban J connectivity index is 3.47. The summed E-state index contributed by atoms with van der Waals surface area (Å²) in [5, 5.41) is 10.5. The van der Waals surface area contributed by atoms with Gasteiger partial charge in [-0.25, -0.2) is 0 Å². The first-order valence-electron chi connectivity index (χ1n) is 9.98. The van der Waals surface area contributed by atoms with Gasteiger partial charge in [0.25, 0.3) is 0 Å². The molecule has 2 nitrogen and oxygen atoms in total. The van der Waals surface area contributed by atoms with Gasteiger partial charge in [-0.05, 0) is 31.0 Å². The van der Waals surface area contributed by atoms with Crippen molar-refractivity contribution < 1.29 is 9.84 Å². The van der Waals surface area contributed by atoms with Crippen LogP contribution >= 0.6 is 12.2 Å². The average molecular weight is 345 g/mol. The molecule has 0 aromatic rings. The lowest BCUT2D eigenvalue weighted by molar-refractivity contribution is 0.139. The van der Waals surface area contributed by atoms with Crippen molar-refractivity contribution in [3.8, 4) is 0 Å². The van der Waals surface area contributed by atoms with Gasteiger partial charge >= 0.3 is 0 Å². The Kier molecular flexibility index (Phi) is 16.6. The number of thiocarbonyl (C=S) groups is 1. The van der Waals surface area contributed by atoms with E-state index in [0.29, 0.717) is 11.7 Å². The molecule has 0 radical (unpaired) electrons. The smallest absolute Gasteiger partial charge is 0.188 e. The van der Waals surface area contributed by atoms with E-state index in [1.54, 1.807) is 0 Å². The van der Waals surface area contributed by atoms with Gasteiger partial charge in [0.05, 0.1) is 6.61 Å². The van der Waals surface area contributed by atoms with Crippen molar-refractivity contribution in [3.63, 3.8) is 0 Å². The number of hydrogen-bond donors (Lipinski definition) is 1. The van der Waals surface area contributed by atoms with Crippen molar-refractivity contribution in [1.29, 1.82) is 0 Å². The molecule has 0 amide bonds. The molecule has 0 heterocycles. The first-order valence-corrected chi connectivity index (χ1v) is 10.4. The molecule has 0 aromatic heterocycles. The van der Waals surface area contributed by atoms with E-state index in [0.717, 1.165) is 19.3 Å². The molecule has 2 atom stereocenters. The minimum Gasteiger partial charge on any atom is -0.484 e. The van der Waals surface area contributed by atoms with Crippen molar-refractivity contribution in [2.24, 2.45) is 5.92 Å². The zero-order valence-electron chi connectivity index (χ0n) is 15.8. The molecule has 0 saturated carbocycles. The zero-order valence-corrected chi connectivity index (χ0v) is 16.6. The van der Waals surface area contributed by atoms with Crippen LogP contribution in [-0.2, 0) is 4.74 Å². The Labute approximate surface area is 150 Å². The van der Waals surface area contributed by atoms with Crippen molar-refractivity contribution in [2.75, 3.05) is 6.61 Å². The minimum absolute atomic E-state index is 0.207. The summed E-state index contributed by atoms with van der Waals surface area (Å²) in [6.45, 7) is 7.10. The normalized spacial score (nSPS) is 13.7. The molecule has 0 spiro atoms. The maximum Gasteiger partial charge on any atom is 0.188 e. The highest BCUT2D eigenvalue weighted by atomic mass is 32.1. The Morgan fingerprint density at radius 1 is 0.826 bits per heavy atom. The summed E-state index contributed by atoms with van der Waals surface area (Å²) >= 11 is 5.17. The maximum absolute atomic E-state index is 10.2. The summed E-state index contributed by atoms with van der Waals surface area (Å²) in [5.41, 5.74) is 0. The van der Waals surface area contributed by atoms with E-state index in [9.17, 15) is 5.11 Å². The number of unbranched alkanes of at least 4 members (excludes halogenated alkanes) is 10. The summed E-state index contributed by atoms with van der Waals surface area (Å²) in [6, 6.07) is 0. The molecule has 0 aliphatic rings. The predicted octanol–water partition coefficient (Wildman–Crippen LogP) is 6.44. The van der Waals surface area contributed by atoms with Gasteiger partial charge < -0.3 is 9.84 Å². The molecular formula is C20H40O2S. The lowest BCUT2D eigenvalue weighted by Crippen LogP contribution is -2.28. The molecule has 1 N–H and O–H groups in total. The Morgan fingerprint density at radius 2 is 1.30 bits per heavy atom. The van der Waals surface area contributed by atoms with Gasteiger partial charge in [0, 0.05) is 0 Å². The SMILES string of the molecule is CCCCCCCCCCCC[C@H](C)[C@H](O)C(=S)OCCCC. The molecule has 0 unspecified atom stereocenters. The van der Waals surface area contributed by atoms with Gasteiger partial charge in [0.15, 0.2) is 5.05 Å². The number of ether oxygens (including phenoxy) is 1. The summed E-state index contributed by atoms with van der Waals surface area (Å²) in [7, 11) is 0. The molecule has 0 rings (SSSR count). The number of hydrogen-bond acceptors (Lipinski definition) is 3. The van der Waals surface area contributed by atoms with E-state index >= 15 is 0 Å². The molecular weight excluding hydrogens is 304 g/mol. The monoisotopic (exact) mass is 344 g/mol. The second-order valence-electron chi connectivity index (χ2n) is 6.91. The van der Waals surface area contributed by atoms with Crippen molar-refractivity contribution >= 4 is 17.3 Å². The first kappa shape index (κ1) is 22.9. The van der Waals surface area contributed by atoms with Crippen LogP contribution in [0.3, 0.4) is 0 Å². The fourth-order valence-corrected chi connectivity index (χ4v) is 3.06. The van der Waals surface area contributed by atoms with Gasteiger partial charge in [-0.2, -0.15) is 0 Å². The van der Waals surface area contributed by atoms with E-state index in [4.69, 9.17) is 17.0 Å². The second-order valence-corrected chi connectivity index (χ2v) is 7.32. The zero-order chi connectivity index (χ0) is 17.3. The molecule has 0 aliphatic heterocycles. The molecule has 0 fully saturated rings. The lowest BCUT2D eigenvalue weighted by atomic mass is 9.97. The largest absolute Gasteiger partial charge is 0.484 e.